The second-order valence-corrected chi connectivity index (χ2v) is 7.17. The number of benzene rings is 1. The first-order valence-corrected chi connectivity index (χ1v) is 9.63. The molecule has 3 aromatic rings. The summed E-state index contributed by atoms with van der Waals surface area (Å²) in [6, 6.07) is 10.7. The second kappa shape index (κ2) is 7.87. The van der Waals surface area contributed by atoms with Gasteiger partial charge in [0, 0.05) is 43.3 Å². The standard InChI is InChI=1S/C21H27N5/c1-17-14-23-26(16-17)12-9-22-15-19-13-18-7-3-4-8-20(18)24-21(19)25-10-5-2-6-11-25/h3-4,7-8,13-14,16,22H,2,5-6,9-12,15H2,1H3. The highest BCUT2D eigenvalue weighted by Gasteiger charge is 2.16. The Kier molecular flexibility index (Phi) is 5.16. The summed E-state index contributed by atoms with van der Waals surface area (Å²) in [6.45, 7) is 6.92. The van der Waals surface area contributed by atoms with Gasteiger partial charge < -0.3 is 10.2 Å². The van der Waals surface area contributed by atoms with Crippen LogP contribution in [-0.2, 0) is 13.1 Å². The van der Waals surface area contributed by atoms with Crippen LogP contribution in [0, 0.1) is 6.92 Å². The molecule has 0 bridgehead atoms. The molecule has 0 saturated carbocycles. The summed E-state index contributed by atoms with van der Waals surface area (Å²) >= 11 is 0. The molecule has 3 heterocycles. The number of hydrogen-bond acceptors (Lipinski definition) is 4. The monoisotopic (exact) mass is 349 g/mol. The zero-order valence-electron chi connectivity index (χ0n) is 15.5. The van der Waals surface area contributed by atoms with Gasteiger partial charge in [-0.05, 0) is 43.9 Å². The number of hydrogen-bond donors (Lipinski definition) is 1. The fourth-order valence-corrected chi connectivity index (χ4v) is 3.67. The Bertz CT molecular complexity index is 864. The molecule has 5 nitrogen and oxygen atoms in total. The first-order valence-electron chi connectivity index (χ1n) is 9.63. The lowest BCUT2D eigenvalue weighted by Gasteiger charge is -2.30. The van der Waals surface area contributed by atoms with Crippen LogP contribution in [0.5, 0.6) is 0 Å². The van der Waals surface area contributed by atoms with Gasteiger partial charge in [0.05, 0.1) is 18.3 Å². The topological polar surface area (TPSA) is 46.0 Å². The number of anilines is 1. The van der Waals surface area contributed by atoms with Crippen LogP contribution in [0.2, 0.25) is 0 Å². The van der Waals surface area contributed by atoms with Crippen LogP contribution in [0.4, 0.5) is 5.82 Å². The van der Waals surface area contributed by atoms with E-state index in [9.17, 15) is 0 Å². The summed E-state index contributed by atoms with van der Waals surface area (Å²) in [5, 5.41) is 9.14. The largest absolute Gasteiger partial charge is 0.356 e. The van der Waals surface area contributed by atoms with Crippen molar-refractivity contribution in [2.75, 3.05) is 24.5 Å². The molecule has 0 amide bonds. The number of para-hydroxylation sites is 1. The molecule has 0 unspecified atom stereocenters. The number of fused-ring (bicyclic) bond motifs is 1. The van der Waals surface area contributed by atoms with Crippen molar-refractivity contribution >= 4 is 16.7 Å². The van der Waals surface area contributed by atoms with Gasteiger partial charge in [0.1, 0.15) is 5.82 Å². The Hall–Kier alpha value is -2.40. The van der Waals surface area contributed by atoms with Crippen molar-refractivity contribution in [3.05, 3.63) is 53.9 Å². The van der Waals surface area contributed by atoms with E-state index in [4.69, 9.17) is 4.98 Å². The maximum Gasteiger partial charge on any atom is 0.133 e. The third kappa shape index (κ3) is 3.88. The summed E-state index contributed by atoms with van der Waals surface area (Å²) in [7, 11) is 0. The van der Waals surface area contributed by atoms with Crippen molar-refractivity contribution < 1.29 is 0 Å². The summed E-state index contributed by atoms with van der Waals surface area (Å²) in [6.07, 6.45) is 7.85. The molecule has 2 aromatic heterocycles. The van der Waals surface area contributed by atoms with Crippen molar-refractivity contribution in [1.82, 2.24) is 20.1 Å². The van der Waals surface area contributed by atoms with E-state index in [1.807, 2.05) is 10.9 Å². The molecule has 4 rings (SSSR count). The lowest BCUT2D eigenvalue weighted by atomic mass is 10.1. The van der Waals surface area contributed by atoms with Gasteiger partial charge in [-0.1, -0.05) is 18.2 Å². The SMILES string of the molecule is Cc1cnn(CCNCc2cc3ccccc3nc2N2CCCCC2)c1. The summed E-state index contributed by atoms with van der Waals surface area (Å²) in [4.78, 5) is 7.47. The summed E-state index contributed by atoms with van der Waals surface area (Å²) in [5.41, 5.74) is 3.59. The zero-order valence-corrected chi connectivity index (χ0v) is 15.5. The molecule has 1 fully saturated rings. The molecule has 1 aliphatic heterocycles. The van der Waals surface area contributed by atoms with Crippen molar-refractivity contribution in [2.24, 2.45) is 0 Å². The number of nitrogens with one attached hydrogen (secondary N) is 1. The number of pyridine rings is 1. The average molecular weight is 349 g/mol. The Balaban J connectivity index is 1.49. The first-order chi connectivity index (χ1) is 12.8. The van der Waals surface area contributed by atoms with E-state index in [-0.39, 0.29) is 0 Å². The van der Waals surface area contributed by atoms with E-state index in [2.05, 4.69) is 58.8 Å². The van der Waals surface area contributed by atoms with Crippen LogP contribution in [0.3, 0.4) is 0 Å². The Morgan fingerprint density at radius 2 is 1.96 bits per heavy atom. The Morgan fingerprint density at radius 3 is 2.77 bits per heavy atom. The smallest absolute Gasteiger partial charge is 0.133 e. The molecular formula is C21H27N5. The van der Waals surface area contributed by atoms with E-state index in [1.54, 1.807) is 0 Å². The maximum absolute atomic E-state index is 5.01. The number of piperidine rings is 1. The molecule has 26 heavy (non-hydrogen) atoms. The number of nitrogens with zero attached hydrogens (tertiary/aromatic N) is 4. The van der Waals surface area contributed by atoms with Gasteiger partial charge in [0.15, 0.2) is 0 Å². The fourth-order valence-electron chi connectivity index (χ4n) is 3.67. The zero-order chi connectivity index (χ0) is 17.8. The third-order valence-corrected chi connectivity index (χ3v) is 5.03. The lowest BCUT2D eigenvalue weighted by molar-refractivity contribution is 0.549. The minimum Gasteiger partial charge on any atom is -0.356 e. The quantitative estimate of drug-likeness (QED) is 0.692. The molecular weight excluding hydrogens is 322 g/mol. The highest BCUT2D eigenvalue weighted by Crippen LogP contribution is 2.26. The van der Waals surface area contributed by atoms with Gasteiger partial charge in [0.25, 0.3) is 0 Å². The number of rotatable bonds is 6. The predicted octanol–water partition coefficient (Wildman–Crippen LogP) is 3.52. The Labute approximate surface area is 155 Å². The molecule has 0 spiro atoms. The second-order valence-electron chi connectivity index (χ2n) is 7.17. The Morgan fingerprint density at radius 1 is 1.12 bits per heavy atom. The molecule has 1 N–H and O–H groups in total. The predicted molar refractivity (Wildman–Crippen MR) is 106 cm³/mol. The van der Waals surface area contributed by atoms with Gasteiger partial charge in [-0.25, -0.2) is 4.98 Å². The van der Waals surface area contributed by atoms with Gasteiger partial charge in [-0.2, -0.15) is 5.10 Å². The van der Waals surface area contributed by atoms with Crippen LogP contribution < -0.4 is 10.2 Å². The highest BCUT2D eigenvalue weighted by molar-refractivity contribution is 5.81. The molecule has 0 atom stereocenters. The van der Waals surface area contributed by atoms with Crippen LogP contribution in [0.15, 0.2) is 42.7 Å². The molecule has 136 valence electrons. The van der Waals surface area contributed by atoms with Gasteiger partial charge >= 0.3 is 0 Å². The van der Waals surface area contributed by atoms with E-state index >= 15 is 0 Å². The van der Waals surface area contributed by atoms with Crippen LogP contribution in [0.25, 0.3) is 10.9 Å². The normalized spacial score (nSPS) is 14.9. The molecule has 1 aromatic carbocycles. The molecule has 0 aliphatic carbocycles. The first kappa shape index (κ1) is 17.0. The summed E-state index contributed by atoms with van der Waals surface area (Å²) < 4.78 is 1.99. The van der Waals surface area contributed by atoms with Crippen LogP contribution in [0.1, 0.15) is 30.4 Å². The van der Waals surface area contributed by atoms with E-state index in [1.165, 1.54) is 35.8 Å². The molecule has 0 radical (unpaired) electrons. The molecule has 1 saturated heterocycles. The van der Waals surface area contributed by atoms with Crippen molar-refractivity contribution in [3.8, 4) is 0 Å². The highest BCUT2D eigenvalue weighted by atomic mass is 15.3. The maximum atomic E-state index is 5.01. The summed E-state index contributed by atoms with van der Waals surface area (Å²) in [5.74, 6) is 1.16. The fraction of sp³-hybridized carbons (Fsp3) is 0.429. The number of aryl methyl sites for hydroxylation is 1. The van der Waals surface area contributed by atoms with Gasteiger partial charge in [-0.3, -0.25) is 4.68 Å². The third-order valence-electron chi connectivity index (χ3n) is 5.03. The lowest BCUT2D eigenvalue weighted by Crippen LogP contribution is -2.32. The minimum absolute atomic E-state index is 0.837. The van der Waals surface area contributed by atoms with E-state index in [0.29, 0.717) is 0 Å². The van der Waals surface area contributed by atoms with Gasteiger partial charge in [-0.15, -0.1) is 0 Å². The van der Waals surface area contributed by atoms with Crippen molar-refractivity contribution in [3.63, 3.8) is 0 Å². The van der Waals surface area contributed by atoms with Crippen LogP contribution in [-0.4, -0.2) is 34.4 Å². The van der Waals surface area contributed by atoms with Crippen molar-refractivity contribution in [1.29, 1.82) is 0 Å². The van der Waals surface area contributed by atoms with E-state index < -0.39 is 0 Å². The van der Waals surface area contributed by atoms with Crippen LogP contribution >= 0.6 is 0 Å². The molecule has 1 aliphatic rings. The molecule has 5 heteroatoms. The minimum atomic E-state index is 0.837. The average Bonchev–Trinajstić information content (AvgIpc) is 3.10. The number of aromatic nitrogens is 3. The van der Waals surface area contributed by atoms with Gasteiger partial charge in [0.2, 0.25) is 0 Å². The van der Waals surface area contributed by atoms with Crippen molar-refractivity contribution in [2.45, 2.75) is 39.3 Å². The van der Waals surface area contributed by atoms with E-state index in [0.717, 1.165) is 44.1 Å².